The van der Waals surface area contributed by atoms with Crippen LogP contribution in [0.25, 0.3) is 0 Å². The second-order valence-corrected chi connectivity index (χ2v) is 4.40. The fraction of sp³-hybridized carbons (Fsp3) is 0.562. The minimum atomic E-state index is 0.426. The summed E-state index contributed by atoms with van der Waals surface area (Å²) in [5.74, 6) is 0.795. The highest BCUT2D eigenvalue weighted by molar-refractivity contribution is 5.28. The standard InChI is InChI=1S/C16H23NO4/c1-18-11-12-19-9-2-10-20-13-14-21-16-5-3-15(4-6-16)7-8-17/h3-6H,2,7,9-14H2,1H3. The van der Waals surface area contributed by atoms with E-state index >= 15 is 0 Å². The summed E-state index contributed by atoms with van der Waals surface area (Å²) in [6.07, 6.45) is 1.29. The van der Waals surface area contributed by atoms with E-state index in [1.807, 2.05) is 24.3 Å². The summed E-state index contributed by atoms with van der Waals surface area (Å²) in [6.45, 7) is 3.67. The van der Waals surface area contributed by atoms with E-state index in [4.69, 9.17) is 24.2 Å². The molecule has 0 spiro atoms. The summed E-state index contributed by atoms with van der Waals surface area (Å²) >= 11 is 0. The lowest BCUT2D eigenvalue weighted by atomic mass is 10.2. The van der Waals surface area contributed by atoms with Crippen LogP contribution >= 0.6 is 0 Å². The van der Waals surface area contributed by atoms with E-state index in [-0.39, 0.29) is 0 Å². The summed E-state index contributed by atoms with van der Waals surface area (Å²) in [6, 6.07) is 9.66. The molecule has 5 heteroatoms. The van der Waals surface area contributed by atoms with Gasteiger partial charge in [-0.25, -0.2) is 0 Å². The van der Waals surface area contributed by atoms with Crippen LogP contribution in [-0.4, -0.2) is 46.8 Å². The number of methoxy groups -OCH3 is 1. The Morgan fingerprint density at radius 3 is 2.19 bits per heavy atom. The lowest BCUT2D eigenvalue weighted by Gasteiger charge is -2.08. The first-order valence-corrected chi connectivity index (χ1v) is 7.10. The Morgan fingerprint density at radius 2 is 1.57 bits per heavy atom. The molecule has 0 amide bonds. The number of hydrogen-bond donors (Lipinski definition) is 0. The zero-order chi connectivity index (χ0) is 15.2. The molecule has 21 heavy (non-hydrogen) atoms. The van der Waals surface area contributed by atoms with Gasteiger partial charge in [0.05, 0.1) is 32.3 Å². The Labute approximate surface area is 126 Å². The molecule has 0 aromatic heterocycles. The normalized spacial score (nSPS) is 10.3. The highest BCUT2D eigenvalue weighted by Crippen LogP contribution is 2.12. The number of rotatable bonds is 12. The van der Waals surface area contributed by atoms with Crippen molar-refractivity contribution >= 4 is 0 Å². The predicted octanol–water partition coefficient (Wildman–Crippen LogP) is 2.20. The molecule has 0 heterocycles. The Bertz CT molecular complexity index is 400. The number of nitriles is 1. The van der Waals surface area contributed by atoms with Gasteiger partial charge < -0.3 is 18.9 Å². The summed E-state index contributed by atoms with van der Waals surface area (Å²) < 4.78 is 21.2. The molecule has 0 aliphatic rings. The fourth-order valence-corrected chi connectivity index (χ4v) is 1.62. The first-order valence-electron chi connectivity index (χ1n) is 7.10. The molecular formula is C16H23NO4. The van der Waals surface area contributed by atoms with E-state index in [9.17, 15) is 0 Å². The highest BCUT2D eigenvalue weighted by atomic mass is 16.5. The minimum Gasteiger partial charge on any atom is -0.491 e. The number of hydrogen-bond acceptors (Lipinski definition) is 5. The van der Waals surface area contributed by atoms with Gasteiger partial charge in [0, 0.05) is 20.3 Å². The van der Waals surface area contributed by atoms with Crippen molar-refractivity contribution in [3.8, 4) is 11.8 Å². The van der Waals surface area contributed by atoms with Crippen molar-refractivity contribution in [2.75, 3.05) is 46.8 Å². The lowest BCUT2D eigenvalue weighted by Crippen LogP contribution is -2.09. The van der Waals surface area contributed by atoms with Gasteiger partial charge in [0.2, 0.25) is 0 Å². The highest BCUT2D eigenvalue weighted by Gasteiger charge is 1.96. The molecule has 0 radical (unpaired) electrons. The molecule has 0 atom stereocenters. The number of benzene rings is 1. The molecular weight excluding hydrogens is 270 g/mol. The maximum atomic E-state index is 8.58. The third-order valence-corrected chi connectivity index (χ3v) is 2.71. The molecule has 0 unspecified atom stereocenters. The quantitative estimate of drug-likeness (QED) is 0.553. The van der Waals surface area contributed by atoms with E-state index in [1.165, 1.54) is 0 Å². The summed E-state index contributed by atoms with van der Waals surface area (Å²) in [5, 5.41) is 8.58. The van der Waals surface area contributed by atoms with Gasteiger partial charge >= 0.3 is 0 Å². The molecule has 0 bridgehead atoms. The van der Waals surface area contributed by atoms with Crippen LogP contribution in [0.2, 0.25) is 0 Å². The van der Waals surface area contributed by atoms with Gasteiger partial charge in [-0.1, -0.05) is 12.1 Å². The Balaban J connectivity index is 1.95. The van der Waals surface area contributed by atoms with Crippen LogP contribution < -0.4 is 4.74 Å². The first-order chi connectivity index (χ1) is 10.4. The van der Waals surface area contributed by atoms with Gasteiger partial charge in [0.15, 0.2) is 0 Å². The van der Waals surface area contributed by atoms with Crippen LogP contribution in [-0.2, 0) is 20.6 Å². The van der Waals surface area contributed by atoms with E-state index in [0.717, 1.165) is 17.7 Å². The zero-order valence-corrected chi connectivity index (χ0v) is 12.5. The van der Waals surface area contributed by atoms with Gasteiger partial charge in [-0.2, -0.15) is 5.26 Å². The Morgan fingerprint density at radius 1 is 0.905 bits per heavy atom. The lowest BCUT2D eigenvalue weighted by molar-refractivity contribution is 0.0459. The van der Waals surface area contributed by atoms with Gasteiger partial charge in [-0.15, -0.1) is 0 Å². The van der Waals surface area contributed by atoms with Gasteiger partial charge in [0.1, 0.15) is 12.4 Å². The van der Waals surface area contributed by atoms with E-state index in [2.05, 4.69) is 6.07 Å². The monoisotopic (exact) mass is 293 g/mol. The van der Waals surface area contributed by atoms with Crippen molar-refractivity contribution < 1.29 is 18.9 Å². The number of ether oxygens (including phenoxy) is 4. The van der Waals surface area contributed by atoms with Crippen LogP contribution in [0, 0.1) is 11.3 Å². The SMILES string of the molecule is COCCOCCCOCCOc1ccc(CC#N)cc1. The molecule has 0 fully saturated rings. The van der Waals surface area contributed by atoms with Gasteiger partial charge in [-0.3, -0.25) is 0 Å². The molecule has 0 aliphatic carbocycles. The maximum absolute atomic E-state index is 8.58. The molecule has 1 rings (SSSR count). The second kappa shape index (κ2) is 12.2. The second-order valence-electron chi connectivity index (χ2n) is 4.40. The van der Waals surface area contributed by atoms with Crippen molar-refractivity contribution in [2.45, 2.75) is 12.8 Å². The topological polar surface area (TPSA) is 60.7 Å². The molecule has 1 aromatic rings. The van der Waals surface area contributed by atoms with Crippen LogP contribution in [0.3, 0.4) is 0 Å². The zero-order valence-electron chi connectivity index (χ0n) is 12.5. The molecule has 0 aliphatic heterocycles. The van der Waals surface area contributed by atoms with Gasteiger partial charge in [-0.05, 0) is 24.1 Å². The van der Waals surface area contributed by atoms with Crippen molar-refractivity contribution in [2.24, 2.45) is 0 Å². The van der Waals surface area contributed by atoms with Crippen molar-refractivity contribution in [1.29, 1.82) is 5.26 Å². The molecule has 0 N–H and O–H groups in total. The Hall–Kier alpha value is -1.61. The summed E-state index contributed by atoms with van der Waals surface area (Å²) in [4.78, 5) is 0. The minimum absolute atomic E-state index is 0.426. The molecule has 5 nitrogen and oxygen atoms in total. The van der Waals surface area contributed by atoms with Crippen molar-refractivity contribution in [3.05, 3.63) is 29.8 Å². The molecule has 0 saturated heterocycles. The van der Waals surface area contributed by atoms with Crippen LogP contribution in [0.4, 0.5) is 0 Å². The fourth-order valence-electron chi connectivity index (χ4n) is 1.62. The van der Waals surface area contributed by atoms with Crippen molar-refractivity contribution in [1.82, 2.24) is 0 Å². The largest absolute Gasteiger partial charge is 0.491 e. The average Bonchev–Trinajstić information content (AvgIpc) is 2.51. The Kier molecular flexibility index (Phi) is 10.1. The molecule has 116 valence electrons. The van der Waals surface area contributed by atoms with Crippen LogP contribution in [0.1, 0.15) is 12.0 Å². The van der Waals surface area contributed by atoms with E-state index in [1.54, 1.807) is 7.11 Å². The van der Waals surface area contributed by atoms with E-state index in [0.29, 0.717) is 46.1 Å². The predicted molar refractivity (Wildman–Crippen MR) is 79.4 cm³/mol. The number of nitrogens with zero attached hydrogens (tertiary/aromatic N) is 1. The molecule has 1 aromatic carbocycles. The molecule has 0 saturated carbocycles. The van der Waals surface area contributed by atoms with Crippen LogP contribution in [0.15, 0.2) is 24.3 Å². The first kappa shape index (κ1) is 17.4. The maximum Gasteiger partial charge on any atom is 0.119 e. The summed E-state index contributed by atoms with van der Waals surface area (Å²) in [7, 11) is 1.66. The summed E-state index contributed by atoms with van der Waals surface area (Å²) in [5.41, 5.74) is 0.995. The smallest absolute Gasteiger partial charge is 0.119 e. The third kappa shape index (κ3) is 9.03. The van der Waals surface area contributed by atoms with Crippen molar-refractivity contribution in [3.63, 3.8) is 0 Å². The third-order valence-electron chi connectivity index (χ3n) is 2.71. The average molecular weight is 293 g/mol. The van der Waals surface area contributed by atoms with Gasteiger partial charge in [0.25, 0.3) is 0 Å². The van der Waals surface area contributed by atoms with Crippen LogP contribution in [0.5, 0.6) is 5.75 Å². The van der Waals surface area contributed by atoms with E-state index < -0.39 is 0 Å².